The third kappa shape index (κ3) is 2.70. The molecule has 1 heterocycles. The number of hydrogen-bond acceptors (Lipinski definition) is 4. The molecule has 0 spiro atoms. The van der Waals surface area contributed by atoms with E-state index in [1.807, 2.05) is 4.72 Å². The van der Waals surface area contributed by atoms with Gasteiger partial charge in [-0.3, -0.25) is 9.82 Å². The topological polar surface area (TPSA) is 95.1 Å². The van der Waals surface area contributed by atoms with Crippen LogP contribution in [0.25, 0.3) is 0 Å². The average molecular weight is 306 g/mol. The second-order valence-corrected chi connectivity index (χ2v) is 5.62. The number of anilines is 1. The van der Waals surface area contributed by atoms with Crippen LogP contribution in [0.4, 0.5) is 10.1 Å². The van der Waals surface area contributed by atoms with Crippen LogP contribution in [0.5, 0.6) is 0 Å². The summed E-state index contributed by atoms with van der Waals surface area (Å²) >= 11 is 5.56. The molecule has 2 aromatic rings. The maximum absolute atomic E-state index is 13.6. The Labute approximate surface area is 113 Å². The SMILES string of the molecule is O=S(=O)(Nc1cccc(Cl)c1F)c1[nH]ncc1CO. The Morgan fingerprint density at radius 2 is 2.21 bits per heavy atom. The van der Waals surface area contributed by atoms with Crippen molar-refractivity contribution in [3.63, 3.8) is 0 Å². The van der Waals surface area contributed by atoms with Crippen LogP contribution in [0.1, 0.15) is 5.56 Å². The third-order valence-electron chi connectivity index (χ3n) is 2.31. The monoisotopic (exact) mass is 305 g/mol. The number of aromatic nitrogens is 2. The number of aromatic amines is 1. The lowest BCUT2D eigenvalue weighted by atomic mass is 10.3. The Morgan fingerprint density at radius 1 is 1.47 bits per heavy atom. The van der Waals surface area contributed by atoms with Gasteiger partial charge in [0.05, 0.1) is 23.5 Å². The van der Waals surface area contributed by atoms with E-state index in [1.165, 1.54) is 24.4 Å². The number of sulfonamides is 1. The second kappa shape index (κ2) is 5.16. The standard InChI is InChI=1S/C10H9ClFN3O3S/c11-7-2-1-3-8(9(7)12)15-19(17,18)10-6(5-16)4-13-14-10/h1-4,15-16H,5H2,(H,13,14). The molecule has 0 unspecified atom stereocenters. The maximum atomic E-state index is 13.6. The number of aliphatic hydroxyl groups excluding tert-OH is 1. The molecule has 0 aliphatic carbocycles. The van der Waals surface area contributed by atoms with E-state index in [2.05, 4.69) is 10.2 Å². The number of aliphatic hydroxyl groups is 1. The molecule has 1 aromatic heterocycles. The highest BCUT2D eigenvalue weighted by molar-refractivity contribution is 7.92. The van der Waals surface area contributed by atoms with Crippen molar-refractivity contribution < 1.29 is 17.9 Å². The molecule has 2 rings (SSSR count). The molecule has 0 aliphatic heterocycles. The zero-order valence-electron chi connectivity index (χ0n) is 9.39. The van der Waals surface area contributed by atoms with Gasteiger partial charge >= 0.3 is 0 Å². The van der Waals surface area contributed by atoms with Crippen LogP contribution in [0.15, 0.2) is 29.4 Å². The number of rotatable bonds is 4. The molecule has 0 radical (unpaired) electrons. The number of benzene rings is 1. The molecule has 0 amide bonds. The minimum Gasteiger partial charge on any atom is -0.392 e. The van der Waals surface area contributed by atoms with Crippen molar-refractivity contribution in [3.05, 3.63) is 40.8 Å². The first-order chi connectivity index (χ1) is 8.95. The lowest BCUT2D eigenvalue weighted by Gasteiger charge is -2.09. The summed E-state index contributed by atoms with van der Waals surface area (Å²) in [6, 6.07) is 3.93. The summed E-state index contributed by atoms with van der Waals surface area (Å²) in [6.07, 6.45) is 1.17. The minimum absolute atomic E-state index is 0.0786. The lowest BCUT2D eigenvalue weighted by Crippen LogP contribution is -2.16. The highest BCUT2D eigenvalue weighted by Gasteiger charge is 2.22. The van der Waals surface area contributed by atoms with Gasteiger partial charge < -0.3 is 5.11 Å². The van der Waals surface area contributed by atoms with Crippen molar-refractivity contribution in [2.45, 2.75) is 11.6 Å². The molecule has 6 nitrogen and oxygen atoms in total. The third-order valence-corrected chi connectivity index (χ3v) is 3.98. The van der Waals surface area contributed by atoms with Gasteiger partial charge in [0, 0.05) is 5.56 Å². The molecule has 102 valence electrons. The molecule has 0 saturated carbocycles. The van der Waals surface area contributed by atoms with E-state index in [9.17, 15) is 12.8 Å². The van der Waals surface area contributed by atoms with Gasteiger partial charge in [-0.05, 0) is 12.1 Å². The Morgan fingerprint density at radius 3 is 2.89 bits per heavy atom. The van der Waals surface area contributed by atoms with E-state index >= 15 is 0 Å². The van der Waals surface area contributed by atoms with Crippen LogP contribution in [-0.4, -0.2) is 23.7 Å². The lowest BCUT2D eigenvalue weighted by molar-refractivity contribution is 0.278. The van der Waals surface area contributed by atoms with Gasteiger partial charge in [0.2, 0.25) is 0 Å². The number of nitrogens with one attached hydrogen (secondary N) is 2. The van der Waals surface area contributed by atoms with Gasteiger partial charge in [0.15, 0.2) is 10.8 Å². The van der Waals surface area contributed by atoms with Crippen LogP contribution in [0, 0.1) is 5.82 Å². The Bertz CT molecular complexity index is 702. The summed E-state index contributed by atoms with van der Waals surface area (Å²) in [5.74, 6) is -0.877. The van der Waals surface area contributed by atoms with E-state index in [0.717, 1.165) is 0 Å². The highest BCUT2D eigenvalue weighted by atomic mass is 35.5. The molecule has 0 fully saturated rings. The second-order valence-electron chi connectivity index (χ2n) is 3.59. The first kappa shape index (κ1) is 13.8. The number of hydrogen-bond donors (Lipinski definition) is 3. The zero-order valence-corrected chi connectivity index (χ0v) is 11.0. The van der Waals surface area contributed by atoms with Crippen molar-refractivity contribution >= 4 is 27.3 Å². The van der Waals surface area contributed by atoms with E-state index in [-0.39, 0.29) is 21.3 Å². The zero-order chi connectivity index (χ0) is 14.0. The summed E-state index contributed by atoms with van der Waals surface area (Å²) in [5, 5.41) is 14.2. The van der Waals surface area contributed by atoms with Crippen molar-refractivity contribution in [2.24, 2.45) is 0 Å². The van der Waals surface area contributed by atoms with Crippen molar-refractivity contribution in [1.29, 1.82) is 0 Å². The molecule has 1 aromatic carbocycles. The van der Waals surface area contributed by atoms with Gasteiger partial charge in [-0.25, -0.2) is 4.39 Å². The number of H-pyrrole nitrogens is 1. The van der Waals surface area contributed by atoms with Gasteiger partial charge in [-0.1, -0.05) is 17.7 Å². The molecular weight excluding hydrogens is 297 g/mol. The van der Waals surface area contributed by atoms with E-state index in [1.54, 1.807) is 0 Å². The Balaban J connectivity index is 2.40. The van der Waals surface area contributed by atoms with Crippen molar-refractivity contribution in [1.82, 2.24) is 10.2 Å². The van der Waals surface area contributed by atoms with Crippen molar-refractivity contribution in [3.8, 4) is 0 Å². The van der Waals surface area contributed by atoms with E-state index in [4.69, 9.17) is 16.7 Å². The van der Waals surface area contributed by atoms with E-state index < -0.39 is 22.4 Å². The first-order valence-corrected chi connectivity index (χ1v) is 6.91. The number of nitrogens with zero attached hydrogens (tertiary/aromatic N) is 1. The fourth-order valence-corrected chi connectivity index (χ4v) is 2.78. The summed E-state index contributed by atoms with van der Waals surface area (Å²) < 4.78 is 39.7. The van der Waals surface area contributed by atoms with Gasteiger partial charge in [0.1, 0.15) is 0 Å². The molecule has 9 heteroatoms. The normalized spacial score (nSPS) is 11.5. The highest BCUT2D eigenvalue weighted by Crippen LogP contribution is 2.24. The molecule has 0 aliphatic rings. The molecule has 19 heavy (non-hydrogen) atoms. The minimum atomic E-state index is -4.08. The van der Waals surface area contributed by atoms with Crippen LogP contribution in [0.3, 0.4) is 0 Å². The van der Waals surface area contributed by atoms with Crippen LogP contribution >= 0.6 is 11.6 Å². The quantitative estimate of drug-likeness (QED) is 0.797. The summed E-state index contributed by atoms with van der Waals surface area (Å²) in [5.41, 5.74) is -0.207. The predicted molar refractivity (Wildman–Crippen MR) is 66.7 cm³/mol. The smallest absolute Gasteiger partial charge is 0.279 e. The molecule has 0 atom stereocenters. The largest absolute Gasteiger partial charge is 0.392 e. The first-order valence-electron chi connectivity index (χ1n) is 5.05. The molecule has 3 N–H and O–H groups in total. The predicted octanol–water partition coefficient (Wildman–Crippen LogP) is 1.50. The number of halogens is 2. The van der Waals surface area contributed by atoms with Crippen LogP contribution in [0.2, 0.25) is 5.02 Å². The van der Waals surface area contributed by atoms with Gasteiger partial charge in [0.25, 0.3) is 10.0 Å². The van der Waals surface area contributed by atoms with E-state index in [0.29, 0.717) is 0 Å². The average Bonchev–Trinajstić information content (AvgIpc) is 2.84. The van der Waals surface area contributed by atoms with Crippen LogP contribution in [-0.2, 0) is 16.6 Å². The van der Waals surface area contributed by atoms with Gasteiger partial charge in [-0.15, -0.1) is 0 Å². The Kier molecular flexibility index (Phi) is 3.74. The molecular formula is C10H9ClFN3O3S. The summed E-state index contributed by atoms with van der Waals surface area (Å²) in [7, 11) is -4.08. The molecule has 0 saturated heterocycles. The van der Waals surface area contributed by atoms with Crippen molar-refractivity contribution in [2.75, 3.05) is 4.72 Å². The van der Waals surface area contributed by atoms with Gasteiger partial charge in [-0.2, -0.15) is 13.5 Å². The Hall–Kier alpha value is -1.64. The van der Waals surface area contributed by atoms with Crippen LogP contribution < -0.4 is 4.72 Å². The summed E-state index contributed by atoms with van der Waals surface area (Å²) in [4.78, 5) is 0. The maximum Gasteiger partial charge on any atom is 0.279 e. The fraction of sp³-hybridized carbons (Fsp3) is 0.100. The summed E-state index contributed by atoms with van der Waals surface area (Å²) in [6.45, 7) is -0.509. The molecule has 0 bridgehead atoms. The fourth-order valence-electron chi connectivity index (χ4n) is 1.42.